The molecule has 1 aliphatic heterocycles. The summed E-state index contributed by atoms with van der Waals surface area (Å²) in [6, 6.07) is 12.9. The molecule has 0 spiro atoms. The van der Waals surface area contributed by atoms with E-state index in [1.54, 1.807) is 36.4 Å². The molecule has 0 aliphatic carbocycles. The van der Waals surface area contributed by atoms with Crippen LogP contribution in [0.3, 0.4) is 0 Å². The summed E-state index contributed by atoms with van der Waals surface area (Å²) < 4.78 is 10.2. The van der Waals surface area contributed by atoms with Gasteiger partial charge in [0.2, 0.25) is 0 Å². The molecule has 0 bridgehead atoms. The Morgan fingerprint density at radius 2 is 1.81 bits per heavy atom. The molecule has 1 heterocycles. The summed E-state index contributed by atoms with van der Waals surface area (Å²) in [7, 11) is 0. The fraction of sp³-hybridized carbons (Fsp3) is 0.0625. The van der Waals surface area contributed by atoms with Crippen LogP contribution in [0.5, 0.6) is 0 Å². The number of fused-ring (bicyclic) bond motifs is 1. The minimum Gasteiger partial charge on any atom is -0.417 e. The quantitative estimate of drug-likeness (QED) is 0.639. The average molecular weight is 282 g/mol. The summed E-state index contributed by atoms with van der Waals surface area (Å²) in [5, 5.41) is 0. The molecule has 5 heteroatoms. The first-order valence-electron chi connectivity index (χ1n) is 6.26. The number of aldehydes is 1. The van der Waals surface area contributed by atoms with Gasteiger partial charge in [0.15, 0.2) is 6.29 Å². The van der Waals surface area contributed by atoms with E-state index in [0.717, 1.165) is 0 Å². The molecule has 0 radical (unpaired) electrons. The second-order valence-electron chi connectivity index (χ2n) is 4.43. The van der Waals surface area contributed by atoms with Crippen LogP contribution >= 0.6 is 0 Å². The maximum absolute atomic E-state index is 12.1. The van der Waals surface area contributed by atoms with Gasteiger partial charge in [0, 0.05) is 11.1 Å². The molecule has 1 atom stereocenters. The fourth-order valence-electron chi connectivity index (χ4n) is 2.15. The van der Waals surface area contributed by atoms with Crippen molar-refractivity contribution in [2.45, 2.75) is 6.29 Å². The van der Waals surface area contributed by atoms with Crippen LogP contribution in [0.2, 0.25) is 0 Å². The van der Waals surface area contributed by atoms with Crippen LogP contribution in [-0.4, -0.2) is 18.2 Å². The Kier molecular flexibility index (Phi) is 3.23. The van der Waals surface area contributed by atoms with Gasteiger partial charge in [-0.1, -0.05) is 36.4 Å². The van der Waals surface area contributed by atoms with E-state index in [-0.39, 0.29) is 11.1 Å². The number of benzene rings is 2. The van der Waals surface area contributed by atoms with Crippen molar-refractivity contribution >= 4 is 18.2 Å². The monoisotopic (exact) mass is 282 g/mol. The summed E-state index contributed by atoms with van der Waals surface area (Å²) in [5.41, 5.74) is 1.23. The van der Waals surface area contributed by atoms with Crippen molar-refractivity contribution < 1.29 is 23.9 Å². The molecule has 2 aromatic rings. The summed E-state index contributed by atoms with van der Waals surface area (Å²) in [6.45, 7) is 0. The van der Waals surface area contributed by atoms with E-state index < -0.39 is 18.2 Å². The van der Waals surface area contributed by atoms with Gasteiger partial charge in [0.1, 0.15) is 0 Å². The molecule has 5 nitrogen and oxygen atoms in total. The van der Waals surface area contributed by atoms with E-state index in [2.05, 4.69) is 0 Å². The van der Waals surface area contributed by atoms with E-state index >= 15 is 0 Å². The first-order chi connectivity index (χ1) is 10.2. The standard InChI is InChI=1S/C16H10O5/c17-9-10-5-1-2-6-11(10)14(18)20-16-13-8-4-3-7-12(13)15(19)21-16/h1-9,16H. The third kappa shape index (κ3) is 2.29. The Bertz CT molecular complexity index is 735. The first kappa shape index (κ1) is 13.1. The van der Waals surface area contributed by atoms with Crippen LogP contribution in [0, 0.1) is 0 Å². The lowest BCUT2D eigenvalue weighted by atomic mass is 10.1. The average Bonchev–Trinajstić information content (AvgIpc) is 2.84. The SMILES string of the molecule is O=Cc1ccccc1C(=O)OC1OC(=O)c2ccccc21. The molecular formula is C16H10O5. The zero-order valence-electron chi connectivity index (χ0n) is 10.8. The summed E-state index contributed by atoms with van der Waals surface area (Å²) >= 11 is 0. The molecule has 1 aliphatic rings. The zero-order chi connectivity index (χ0) is 14.8. The Hall–Kier alpha value is -2.95. The zero-order valence-corrected chi connectivity index (χ0v) is 10.8. The van der Waals surface area contributed by atoms with Crippen LogP contribution in [0.4, 0.5) is 0 Å². The van der Waals surface area contributed by atoms with Gasteiger partial charge in [-0.15, -0.1) is 0 Å². The second-order valence-corrected chi connectivity index (χ2v) is 4.43. The van der Waals surface area contributed by atoms with E-state index in [9.17, 15) is 14.4 Å². The number of rotatable bonds is 3. The second kappa shape index (κ2) is 5.20. The Labute approximate surface area is 120 Å². The van der Waals surface area contributed by atoms with E-state index in [1.165, 1.54) is 12.1 Å². The lowest BCUT2D eigenvalue weighted by Crippen LogP contribution is -2.13. The van der Waals surface area contributed by atoms with Gasteiger partial charge >= 0.3 is 11.9 Å². The molecule has 2 aromatic carbocycles. The fourth-order valence-corrected chi connectivity index (χ4v) is 2.15. The number of esters is 2. The third-order valence-electron chi connectivity index (χ3n) is 3.17. The molecule has 0 saturated heterocycles. The van der Waals surface area contributed by atoms with Gasteiger partial charge in [-0.05, 0) is 12.1 Å². The van der Waals surface area contributed by atoms with Crippen LogP contribution < -0.4 is 0 Å². The third-order valence-corrected chi connectivity index (χ3v) is 3.17. The highest BCUT2D eigenvalue weighted by Crippen LogP contribution is 2.32. The number of ether oxygens (including phenoxy) is 2. The van der Waals surface area contributed by atoms with Crippen molar-refractivity contribution in [2.24, 2.45) is 0 Å². The number of hydrogen-bond donors (Lipinski definition) is 0. The Morgan fingerprint density at radius 1 is 1.10 bits per heavy atom. The van der Waals surface area contributed by atoms with Crippen molar-refractivity contribution in [1.29, 1.82) is 0 Å². The van der Waals surface area contributed by atoms with Gasteiger partial charge in [0.05, 0.1) is 11.1 Å². The molecule has 1 unspecified atom stereocenters. The molecular weight excluding hydrogens is 272 g/mol. The summed E-state index contributed by atoms with van der Waals surface area (Å²) in [5.74, 6) is -1.25. The Balaban J connectivity index is 1.87. The lowest BCUT2D eigenvalue weighted by molar-refractivity contribution is -0.0724. The van der Waals surface area contributed by atoms with Crippen LogP contribution in [-0.2, 0) is 9.47 Å². The molecule has 0 fully saturated rings. The van der Waals surface area contributed by atoms with Gasteiger partial charge < -0.3 is 9.47 Å². The number of carbonyl (C=O) groups is 3. The Morgan fingerprint density at radius 3 is 2.62 bits per heavy atom. The van der Waals surface area contributed by atoms with Gasteiger partial charge in [-0.3, -0.25) is 4.79 Å². The van der Waals surface area contributed by atoms with Crippen molar-refractivity contribution in [3.63, 3.8) is 0 Å². The first-order valence-corrected chi connectivity index (χ1v) is 6.26. The molecule has 0 amide bonds. The normalized spacial score (nSPS) is 16.0. The highest BCUT2D eigenvalue weighted by atomic mass is 16.7. The molecule has 3 rings (SSSR count). The van der Waals surface area contributed by atoms with Crippen molar-refractivity contribution in [2.75, 3.05) is 0 Å². The van der Waals surface area contributed by atoms with Crippen molar-refractivity contribution in [3.8, 4) is 0 Å². The smallest absolute Gasteiger partial charge is 0.342 e. The van der Waals surface area contributed by atoms with Crippen LogP contribution in [0.25, 0.3) is 0 Å². The van der Waals surface area contributed by atoms with E-state index in [4.69, 9.17) is 9.47 Å². The van der Waals surface area contributed by atoms with Crippen LogP contribution in [0.15, 0.2) is 48.5 Å². The largest absolute Gasteiger partial charge is 0.417 e. The van der Waals surface area contributed by atoms with Gasteiger partial charge in [0.25, 0.3) is 6.29 Å². The molecule has 0 saturated carbocycles. The van der Waals surface area contributed by atoms with Gasteiger partial charge in [-0.2, -0.15) is 0 Å². The molecule has 21 heavy (non-hydrogen) atoms. The minimum atomic E-state index is -1.08. The number of carbonyl (C=O) groups excluding carboxylic acids is 3. The van der Waals surface area contributed by atoms with E-state index in [0.29, 0.717) is 17.4 Å². The van der Waals surface area contributed by atoms with Gasteiger partial charge in [-0.25, -0.2) is 9.59 Å². The summed E-state index contributed by atoms with van der Waals surface area (Å²) in [4.78, 5) is 34.7. The summed E-state index contributed by atoms with van der Waals surface area (Å²) in [6.07, 6.45) is -0.508. The maximum atomic E-state index is 12.1. The van der Waals surface area contributed by atoms with Crippen molar-refractivity contribution in [3.05, 3.63) is 70.8 Å². The number of cyclic esters (lactones) is 1. The maximum Gasteiger partial charge on any atom is 0.342 e. The highest BCUT2D eigenvalue weighted by molar-refractivity contribution is 5.99. The number of hydrogen-bond acceptors (Lipinski definition) is 5. The predicted molar refractivity (Wildman–Crippen MR) is 71.8 cm³/mol. The lowest BCUT2D eigenvalue weighted by Gasteiger charge is -2.12. The molecule has 0 aromatic heterocycles. The molecule has 104 valence electrons. The van der Waals surface area contributed by atoms with E-state index in [1.807, 2.05) is 0 Å². The molecule has 0 N–H and O–H groups in total. The minimum absolute atomic E-state index is 0.132. The topological polar surface area (TPSA) is 69.7 Å². The predicted octanol–water partition coefficient (Wildman–Crippen LogP) is 2.53. The van der Waals surface area contributed by atoms with Crippen molar-refractivity contribution in [1.82, 2.24) is 0 Å². The highest BCUT2D eigenvalue weighted by Gasteiger charge is 2.33. The van der Waals surface area contributed by atoms with Crippen LogP contribution in [0.1, 0.15) is 42.9 Å².